The third kappa shape index (κ3) is 4.61. The largest absolute Gasteiger partial charge is 0.419 e. The zero-order valence-electron chi connectivity index (χ0n) is 14.8. The molecule has 3 saturated carbocycles. The van der Waals surface area contributed by atoms with Gasteiger partial charge in [-0.2, -0.15) is 13.2 Å². The van der Waals surface area contributed by atoms with Gasteiger partial charge >= 0.3 is 6.18 Å². The van der Waals surface area contributed by atoms with Crippen molar-refractivity contribution in [1.82, 2.24) is 15.3 Å². The Bertz CT molecular complexity index is 649. The molecule has 3 aliphatic rings. The lowest BCUT2D eigenvalue weighted by Gasteiger charge is -2.69. The van der Waals surface area contributed by atoms with Crippen molar-refractivity contribution in [2.75, 3.05) is 25.1 Å². The number of aromatic nitrogens is 2. The van der Waals surface area contributed by atoms with E-state index in [1.165, 1.54) is 0 Å². The van der Waals surface area contributed by atoms with Gasteiger partial charge < -0.3 is 21.1 Å². The number of hydrogen-bond donors (Lipinski definition) is 3. The molecule has 4 rings (SSSR count). The summed E-state index contributed by atoms with van der Waals surface area (Å²) in [4.78, 5) is 19.7. The second kappa shape index (κ2) is 7.76. The Kier molecular flexibility index (Phi) is 6.23. The van der Waals surface area contributed by atoms with Crippen LogP contribution in [0.1, 0.15) is 31.7 Å². The lowest BCUT2D eigenvalue weighted by Crippen LogP contribution is -2.75. The number of hydrogen-bond acceptors (Lipinski definition) is 6. The van der Waals surface area contributed by atoms with Gasteiger partial charge in [0.05, 0.1) is 24.2 Å². The highest BCUT2D eigenvalue weighted by Gasteiger charge is 2.71. The number of alkyl halides is 3. The van der Waals surface area contributed by atoms with E-state index in [1.54, 1.807) is 0 Å². The number of nitrogens with zero attached hydrogens (tertiary/aromatic N) is 2. The number of anilines is 1. The van der Waals surface area contributed by atoms with Crippen LogP contribution in [-0.2, 0) is 15.7 Å². The van der Waals surface area contributed by atoms with Gasteiger partial charge in [-0.05, 0) is 26.2 Å². The molecule has 1 unspecified atom stereocenters. The van der Waals surface area contributed by atoms with Crippen molar-refractivity contribution in [2.24, 2.45) is 11.1 Å². The molecule has 0 aromatic carbocycles. The molecule has 4 N–H and O–H groups in total. The lowest BCUT2D eigenvalue weighted by molar-refractivity contribution is -0.168. The van der Waals surface area contributed by atoms with Crippen LogP contribution in [0.15, 0.2) is 12.4 Å². The second-order valence-corrected chi connectivity index (χ2v) is 7.32. The summed E-state index contributed by atoms with van der Waals surface area (Å²) in [6.07, 6.45) is -1.08. The molecule has 1 atom stereocenters. The van der Waals surface area contributed by atoms with Gasteiger partial charge in [-0.15, -0.1) is 12.4 Å². The molecule has 11 heteroatoms. The molecule has 1 aromatic heterocycles. The van der Waals surface area contributed by atoms with Crippen LogP contribution in [0.2, 0.25) is 0 Å². The van der Waals surface area contributed by atoms with Gasteiger partial charge in [-0.3, -0.25) is 4.79 Å². The van der Waals surface area contributed by atoms with E-state index in [4.69, 9.17) is 10.5 Å². The van der Waals surface area contributed by atoms with Crippen molar-refractivity contribution in [3.63, 3.8) is 0 Å². The number of carbonyl (C=O) groups excluding carboxylic acids is 1. The van der Waals surface area contributed by atoms with Gasteiger partial charge in [0, 0.05) is 30.5 Å². The van der Waals surface area contributed by atoms with Gasteiger partial charge in [-0.1, -0.05) is 0 Å². The van der Waals surface area contributed by atoms with E-state index in [-0.39, 0.29) is 41.3 Å². The average Bonchev–Trinajstić information content (AvgIpc) is 2.48. The highest BCUT2D eigenvalue weighted by molar-refractivity contribution is 5.87. The van der Waals surface area contributed by atoms with E-state index < -0.39 is 11.7 Å². The van der Waals surface area contributed by atoms with Gasteiger partial charge in [0.1, 0.15) is 0 Å². The number of rotatable bonds is 8. The molecule has 27 heavy (non-hydrogen) atoms. The Morgan fingerprint density at radius 1 is 1.33 bits per heavy atom. The van der Waals surface area contributed by atoms with Crippen LogP contribution in [0.3, 0.4) is 0 Å². The van der Waals surface area contributed by atoms with E-state index >= 15 is 0 Å². The van der Waals surface area contributed by atoms with E-state index in [9.17, 15) is 18.0 Å². The first-order valence-electron chi connectivity index (χ1n) is 8.43. The fraction of sp³-hybridized carbons (Fsp3) is 0.688. The molecular formula is C16H23ClF3N5O2. The van der Waals surface area contributed by atoms with Crippen LogP contribution < -0.4 is 16.4 Å². The second-order valence-electron chi connectivity index (χ2n) is 7.32. The molecule has 1 heterocycles. The number of carbonyl (C=O) groups is 1. The first kappa shape index (κ1) is 21.6. The number of nitrogens with two attached hydrogens (primary N) is 1. The Balaban J connectivity index is 0.00000261. The molecule has 1 amide bonds. The topological polar surface area (TPSA) is 102 Å². The number of ether oxygens (including phenoxy) is 1. The van der Waals surface area contributed by atoms with E-state index in [2.05, 4.69) is 20.6 Å². The number of amides is 1. The minimum Gasteiger partial charge on any atom is -0.378 e. The van der Waals surface area contributed by atoms with Crippen LogP contribution >= 0.6 is 12.4 Å². The van der Waals surface area contributed by atoms with Gasteiger partial charge in [0.2, 0.25) is 11.9 Å². The van der Waals surface area contributed by atoms with Crippen LogP contribution in [0.5, 0.6) is 0 Å². The predicted octanol–water partition coefficient (Wildman–Crippen LogP) is 1.73. The standard InChI is InChI=1S/C16H22F3N5O2.ClH/c1-10(20)6-26-3-2-21-12(25)14-7-15(8-14,9-14)24-13-22-4-11(5-23-13)16(17,18)19;/h4-5,10H,2-3,6-9,20H2,1H3,(H,21,25)(H,22,23,24);1H. The zero-order valence-corrected chi connectivity index (χ0v) is 15.6. The van der Waals surface area contributed by atoms with Gasteiger partial charge in [0.25, 0.3) is 0 Å². The molecule has 7 nitrogen and oxygen atoms in total. The minimum absolute atomic E-state index is 0. The molecule has 0 saturated heterocycles. The van der Waals surface area contributed by atoms with Crippen LogP contribution in [0, 0.1) is 5.41 Å². The lowest BCUT2D eigenvalue weighted by atomic mass is 9.39. The first-order chi connectivity index (χ1) is 12.1. The summed E-state index contributed by atoms with van der Waals surface area (Å²) in [7, 11) is 0. The minimum atomic E-state index is -4.46. The molecule has 0 radical (unpaired) electrons. The summed E-state index contributed by atoms with van der Waals surface area (Å²) in [5.41, 5.74) is 4.00. The fourth-order valence-corrected chi connectivity index (χ4v) is 3.63. The maximum absolute atomic E-state index is 12.5. The van der Waals surface area contributed by atoms with Crippen molar-refractivity contribution < 1.29 is 22.7 Å². The third-order valence-electron chi connectivity index (χ3n) is 4.78. The van der Waals surface area contributed by atoms with Crippen molar-refractivity contribution in [3.05, 3.63) is 18.0 Å². The van der Waals surface area contributed by atoms with E-state index in [0.29, 0.717) is 39.0 Å². The summed E-state index contributed by atoms with van der Waals surface area (Å²) in [6, 6.07) is -0.0401. The molecular weight excluding hydrogens is 387 g/mol. The average molecular weight is 410 g/mol. The fourth-order valence-electron chi connectivity index (χ4n) is 3.63. The van der Waals surface area contributed by atoms with E-state index in [0.717, 1.165) is 12.4 Å². The van der Waals surface area contributed by atoms with Crippen molar-refractivity contribution >= 4 is 24.3 Å². The maximum Gasteiger partial charge on any atom is 0.419 e. The van der Waals surface area contributed by atoms with Gasteiger partial charge in [-0.25, -0.2) is 9.97 Å². The Hall–Kier alpha value is -1.65. The van der Waals surface area contributed by atoms with Crippen molar-refractivity contribution in [3.8, 4) is 0 Å². The quantitative estimate of drug-likeness (QED) is 0.565. The van der Waals surface area contributed by atoms with Crippen molar-refractivity contribution in [1.29, 1.82) is 0 Å². The summed E-state index contributed by atoms with van der Waals surface area (Å²) in [5.74, 6) is 0.134. The molecule has 3 fully saturated rings. The highest BCUT2D eigenvalue weighted by atomic mass is 35.5. The summed E-state index contributed by atoms with van der Waals surface area (Å²) < 4.78 is 42.8. The molecule has 1 aromatic rings. The smallest absolute Gasteiger partial charge is 0.378 e. The maximum atomic E-state index is 12.5. The normalized spacial score (nSPS) is 26.9. The summed E-state index contributed by atoms with van der Waals surface area (Å²) in [6.45, 7) is 3.12. The van der Waals surface area contributed by atoms with E-state index in [1.807, 2.05) is 6.92 Å². The highest BCUT2D eigenvalue weighted by Crippen LogP contribution is 2.68. The van der Waals surface area contributed by atoms with Gasteiger partial charge in [0.15, 0.2) is 0 Å². The van der Waals surface area contributed by atoms with Crippen LogP contribution in [0.25, 0.3) is 0 Å². The predicted molar refractivity (Wildman–Crippen MR) is 94.4 cm³/mol. The number of halogens is 4. The molecule has 0 spiro atoms. The summed E-state index contributed by atoms with van der Waals surface area (Å²) in [5, 5.41) is 5.91. The Morgan fingerprint density at radius 3 is 2.44 bits per heavy atom. The third-order valence-corrected chi connectivity index (χ3v) is 4.78. The SMILES string of the molecule is CC(N)COCCNC(=O)C12CC(Nc3ncc(C(F)(F)F)cn3)(C1)C2.Cl. The monoisotopic (exact) mass is 409 g/mol. The summed E-state index contributed by atoms with van der Waals surface area (Å²) >= 11 is 0. The van der Waals surface area contributed by atoms with Crippen LogP contribution in [0.4, 0.5) is 19.1 Å². The molecule has 0 aliphatic heterocycles. The Labute approximate surface area is 161 Å². The molecule has 3 aliphatic carbocycles. The zero-order chi connectivity index (χ0) is 19.0. The van der Waals surface area contributed by atoms with Crippen LogP contribution in [-0.4, -0.2) is 47.2 Å². The Morgan fingerprint density at radius 2 is 1.93 bits per heavy atom. The van der Waals surface area contributed by atoms with Crippen molar-refractivity contribution in [2.45, 2.75) is 43.9 Å². The molecule has 2 bridgehead atoms. The number of nitrogens with one attached hydrogen (secondary N) is 2. The molecule has 152 valence electrons. The first-order valence-corrected chi connectivity index (χ1v) is 8.43.